The van der Waals surface area contributed by atoms with Crippen LogP contribution in [0.1, 0.15) is 0 Å². The van der Waals surface area contributed by atoms with Gasteiger partial charge in [-0.3, -0.25) is 0 Å². The van der Waals surface area contributed by atoms with Crippen LogP contribution in [-0.4, -0.2) is 0 Å². The zero-order valence-electron chi connectivity index (χ0n) is 12.2. The summed E-state index contributed by atoms with van der Waals surface area (Å²) < 4.78 is 4.84. The minimum absolute atomic E-state index is 1.02. The molecule has 0 unspecified atom stereocenters. The van der Waals surface area contributed by atoms with Gasteiger partial charge in [0.15, 0.2) is 6.20 Å². The molecule has 2 aromatic heterocycles. The number of hydrogen-bond donors (Lipinski definition) is 0. The zero-order chi connectivity index (χ0) is 14.5. The Morgan fingerprint density at radius 3 is 2.27 bits per heavy atom. The van der Waals surface area contributed by atoms with Crippen LogP contribution in [0.5, 0.6) is 0 Å². The molecule has 22 heavy (non-hydrogen) atoms. The lowest BCUT2D eigenvalue weighted by molar-refractivity contribution is -0.783. The second-order valence-corrected chi connectivity index (χ2v) is 5.84. The average molecular weight is 284 g/mol. The van der Waals surface area contributed by atoms with Crippen molar-refractivity contribution in [2.45, 2.75) is 13.1 Å². The van der Waals surface area contributed by atoms with Crippen LogP contribution in [0.4, 0.5) is 0 Å². The lowest BCUT2D eigenvalue weighted by Crippen LogP contribution is -2.53. The second kappa shape index (κ2) is 4.38. The summed E-state index contributed by atoms with van der Waals surface area (Å²) in [5, 5.41) is 4.01. The summed E-state index contributed by atoms with van der Waals surface area (Å²) in [5.41, 5.74) is 3.96. The number of fused-ring (bicyclic) bond motifs is 8. The molecule has 0 atom stereocenters. The molecule has 2 aromatic carbocycles. The molecular formula is C20H16N2+2. The third-order valence-electron chi connectivity index (χ3n) is 4.68. The summed E-state index contributed by atoms with van der Waals surface area (Å²) in [6.45, 7) is 2.04. The molecule has 1 aliphatic rings. The summed E-state index contributed by atoms with van der Waals surface area (Å²) in [6, 6.07) is 24.0. The van der Waals surface area contributed by atoms with Gasteiger partial charge in [-0.15, -0.1) is 0 Å². The fraction of sp³-hybridized carbons (Fsp3) is 0.100. The molecule has 0 aliphatic carbocycles. The van der Waals surface area contributed by atoms with Crippen LogP contribution in [0.3, 0.4) is 0 Å². The van der Waals surface area contributed by atoms with Gasteiger partial charge >= 0.3 is 0 Å². The fourth-order valence-corrected chi connectivity index (χ4v) is 3.73. The Hall–Kier alpha value is -2.74. The van der Waals surface area contributed by atoms with Crippen LogP contribution in [-0.2, 0) is 13.1 Å². The highest BCUT2D eigenvalue weighted by Gasteiger charge is 2.33. The molecule has 0 saturated heterocycles. The maximum absolute atomic E-state index is 2.48. The molecule has 2 nitrogen and oxygen atoms in total. The van der Waals surface area contributed by atoms with Gasteiger partial charge in [0.25, 0.3) is 11.4 Å². The Kier molecular flexibility index (Phi) is 2.36. The van der Waals surface area contributed by atoms with Crippen molar-refractivity contribution in [3.8, 4) is 11.4 Å². The summed E-state index contributed by atoms with van der Waals surface area (Å²) in [7, 11) is 0. The minimum Gasteiger partial charge on any atom is -0.186 e. The number of hydrogen-bond acceptors (Lipinski definition) is 0. The first-order valence-electron chi connectivity index (χ1n) is 7.75. The van der Waals surface area contributed by atoms with Crippen molar-refractivity contribution in [3.63, 3.8) is 0 Å². The van der Waals surface area contributed by atoms with E-state index in [1.54, 1.807) is 0 Å². The number of aromatic nitrogens is 2. The predicted molar refractivity (Wildman–Crippen MR) is 87.3 cm³/mol. The third kappa shape index (κ3) is 1.49. The van der Waals surface area contributed by atoms with Crippen LogP contribution >= 0.6 is 0 Å². The van der Waals surface area contributed by atoms with E-state index in [0.29, 0.717) is 0 Å². The Labute approximate surface area is 128 Å². The number of benzene rings is 2. The van der Waals surface area contributed by atoms with Crippen LogP contribution in [0.15, 0.2) is 72.9 Å². The molecule has 1 aliphatic heterocycles. The number of rotatable bonds is 0. The zero-order valence-corrected chi connectivity index (χ0v) is 12.2. The van der Waals surface area contributed by atoms with Crippen LogP contribution in [0, 0.1) is 0 Å². The van der Waals surface area contributed by atoms with Crippen molar-refractivity contribution in [1.82, 2.24) is 0 Å². The van der Waals surface area contributed by atoms with Crippen LogP contribution in [0.25, 0.3) is 33.1 Å². The third-order valence-corrected chi connectivity index (χ3v) is 4.68. The molecule has 2 heteroatoms. The topological polar surface area (TPSA) is 7.76 Å². The normalized spacial score (nSPS) is 13.1. The summed E-state index contributed by atoms with van der Waals surface area (Å²) in [5.74, 6) is 0. The van der Waals surface area contributed by atoms with Crippen molar-refractivity contribution in [3.05, 3.63) is 72.9 Å². The van der Waals surface area contributed by atoms with Crippen LogP contribution < -0.4 is 9.13 Å². The molecule has 3 heterocycles. The maximum atomic E-state index is 2.48. The smallest absolute Gasteiger partial charge is 0.186 e. The Morgan fingerprint density at radius 1 is 0.636 bits per heavy atom. The van der Waals surface area contributed by atoms with Gasteiger partial charge in [0, 0.05) is 23.6 Å². The average Bonchev–Trinajstić information content (AvgIpc) is 2.61. The van der Waals surface area contributed by atoms with E-state index in [9.17, 15) is 0 Å². The van der Waals surface area contributed by atoms with Gasteiger partial charge in [-0.1, -0.05) is 30.3 Å². The van der Waals surface area contributed by atoms with E-state index in [1.165, 1.54) is 33.1 Å². The van der Waals surface area contributed by atoms with E-state index in [4.69, 9.17) is 0 Å². The Bertz CT molecular complexity index is 1030. The van der Waals surface area contributed by atoms with E-state index in [-0.39, 0.29) is 0 Å². The summed E-state index contributed by atoms with van der Waals surface area (Å²) >= 11 is 0. The molecule has 104 valence electrons. The second-order valence-electron chi connectivity index (χ2n) is 5.84. The lowest BCUT2D eigenvalue weighted by Gasteiger charge is -2.14. The highest BCUT2D eigenvalue weighted by Crippen LogP contribution is 2.30. The number of nitrogens with zero attached hydrogens (tertiary/aromatic N) is 2. The van der Waals surface area contributed by atoms with E-state index < -0.39 is 0 Å². The van der Waals surface area contributed by atoms with Crippen molar-refractivity contribution in [1.29, 1.82) is 0 Å². The first kappa shape index (κ1) is 11.9. The molecule has 0 saturated carbocycles. The molecule has 5 rings (SSSR count). The molecule has 0 fully saturated rings. The van der Waals surface area contributed by atoms with Gasteiger partial charge < -0.3 is 0 Å². The van der Waals surface area contributed by atoms with Crippen molar-refractivity contribution in [2.24, 2.45) is 0 Å². The molecule has 0 N–H and O–H groups in total. The SMILES string of the molecule is c1cc[n+]2c(c1)-c1c3ccccc3c3ccccc3[n+]1CC2. The number of aryl methyl sites for hydroxylation is 2. The van der Waals surface area contributed by atoms with Crippen molar-refractivity contribution < 1.29 is 9.13 Å². The Morgan fingerprint density at radius 2 is 1.36 bits per heavy atom. The van der Waals surface area contributed by atoms with Crippen LogP contribution in [0.2, 0.25) is 0 Å². The van der Waals surface area contributed by atoms with Crippen molar-refractivity contribution in [2.75, 3.05) is 0 Å². The highest BCUT2D eigenvalue weighted by atomic mass is 15.1. The van der Waals surface area contributed by atoms with Crippen molar-refractivity contribution >= 4 is 21.7 Å². The first-order chi connectivity index (χ1) is 10.9. The van der Waals surface area contributed by atoms with Gasteiger partial charge in [-0.05, 0) is 18.2 Å². The van der Waals surface area contributed by atoms with Gasteiger partial charge in [-0.2, -0.15) is 9.13 Å². The van der Waals surface area contributed by atoms with E-state index >= 15 is 0 Å². The monoisotopic (exact) mass is 284 g/mol. The quantitative estimate of drug-likeness (QED) is 0.346. The molecular weight excluding hydrogens is 268 g/mol. The molecule has 0 bridgehead atoms. The van der Waals surface area contributed by atoms with E-state index in [1.807, 2.05) is 0 Å². The highest BCUT2D eigenvalue weighted by molar-refractivity contribution is 6.08. The van der Waals surface area contributed by atoms with Gasteiger partial charge in [0.2, 0.25) is 18.6 Å². The number of pyridine rings is 2. The standard InChI is InChI=1S/C20H16N2/c1-2-9-17-15(7-1)16-8-3-4-10-18(16)22-14-13-21-12-6-5-11-19(21)20(17)22/h1-12H,13-14H2/q+2. The summed E-state index contributed by atoms with van der Waals surface area (Å²) in [4.78, 5) is 0. The lowest BCUT2D eigenvalue weighted by atomic mass is 10.00. The molecule has 4 aromatic rings. The first-order valence-corrected chi connectivity index (χ1v) is 7.75. The Balaban J connectivity index is 2.07. The van der Waals surface area contributed by atoms with E-state index in [0.717, 1.165) is 13.1 Å². The van der Waals surface area contributed by atoms with Gasteiger partial charge in [0.05, 0.1) is 10.8 Å². The predicted octanol–water partition coefficient (Wildman–Crippen LogP) is 3.25. The van der Waals surface area contributed by atoms with E-state index in [2.05, 4.69) is 82.1 Å². The fourth-order valence-electron chi connectivity index (χ4n) is 3.73. The van der Waals surface area contributed by atoms with Gasteiger partial charge in [-0.25, -0.2) is 0 Å². The molecule has 0 spiro atoms. The van der Waals surface area contributed by atoms with Gasteiger partial charge in [0.1, 0.15) is 0 Å². The molecule has 0 radical (unpaired) electrons. The number of para-hydroxylation sites is 1. The molecule has 0 amide bonds. The summed E-state index contributed by atoms with van der Waals surface area (Å²) in [6.07, 6.45) is 2.18. The minimum atomic E-state index is 1.02. The largest absolute Gasteiger partial charge is 0.286 e. The maximum Gasteiger partial charge on any atom is 0.286 e.